The molecule has 1 aromatic rings. The Kier molecular flexibility index (Phi) is 2.58. The van der Waals surface area contributed by atoms with Gasteiger partial charge in [-0.3, -0.25) is 4.90 Å². The molecule has 16 heavy (non-hydrogen) atoms. The van der Waals surface area contributed by atoms with Crippen LogP contribution >= 0.6 is 11.9 Å². The maximum atomic E-state index is 5.81. The molecular weight excluding hydrogens is 218 g/mol. The number of rotatable bonds is 2. The first-order chi connectivity index (χ1) is 7.76. The zero-order valence-electron chi connectivity index (χ0n) is 9.52. The Labute approximate surface area is 101 Å². The third-order valence-electron chi connectivity index (χ3n) is 3.58. The zero-order valence-corrected chi connectivity index (χ0v) is 10.3. The molecule has 2 N–H and O–H groups in total. The molecule has 4 heteroatoms. The number of fused-ring (bicyclic) bond motifs is 1. The summed E-state index contributed by atoms with van der Waals surface area (Å²) in [5.41, 5.74) is 9.58. The number of anilines is 1. The highest BCUT2D eigenvalue weighted by Crippen LogP contribution is 2.30. The molecule has 3 rings (SSSR count). The van der Waals surface area contributed by atoms with Crippen LogP contribution in [-0.2, 0) is 13.1 Å². The van der Waals surface area contributed by atoms with Gasteiger partial charge in [-0.15, -0.1) is 0 Å². The summed E-state index contributed by atoms with van der Waals surface area (Å²) in [6, 6.07) is 7.05. The van der Waals surface area contributed by atoms with Crippen molar-refractivity contribution in [3.8, 4) is 0 Å². The fourth-order valence-electron chi connectivity index (χ4n) is 2.50. The Morgan fingerprint density at radius 3 is 2.75 bits per heavy atom. The van der Waals surface area contributed by atoms with Crippen molar-refractivity contribution in [2.75, 3.05) is 25.1 Å². The van der Waals surface area contributed by atoms with Gasteiger partial charge >= 0.3 is 0 Å². The van der Waals surface area contributed by atoms with Crippen molar-refractivity contribution in [1.29, 1.82) is 0 Å². The summed E-state index contributed by atoms with van der Waals surface area (Å²) in [6.07, 6.45) is 2.15. The van der Waals surface area contributed by atoms with Crippen LogP contribution in [0.4, 0.5) is 5.69 Å². The van der Waals surface area contributed by atoms with E-state index in [-0.39, 0.29) is 0 Å². The van der Waals surface area contributed by atoms with Crippen LogP contribution in [0.5, 0.6) is 0 Å². The lowest BCUT2D eigenvalue weighted by molar-refractivity contribution is 0.0933. The first-order valence-electron chi connectivity index (χ1n) is 5.66. The quantitative estimate of drug-likeness (QED) is 0.623. The van der Waals surface area contributed by atoms with Crippen molar-refractivity contribution >= 4 is 17.6 Å². The van der Waals surface area contributed by atoms with Crippen LogP contribution in [0, 0.1) is 0 Å². The molecule has 1 saturated heterocycles. The molecule has 0 amide bonds. The van der Waals surface area contributed by atoms with Gasteiger partial charge in [0.1, 0.15) is 0 Å². The number of nitrogens with zero attached hydrogens (tertiary/aromatic N) is 2. The molecule has 2 aliphatic rings. The van der Waals surface area contributed by atoms with E-state index in [1.807, 2.05) is 18.0 Å². The van der Waals surface area contributed by atoms with E-state index >= 15 is 0 Å². The third kappa shape index (κ3) is 1.71. The van der Waals surface area contributed by atoms with E-state index in [1.165, 1.54) is 24.2 Å². The molecular formula is C12H17N3S. The number of hydrogen-bond acceptors (Lipinski definition) is 4. The summed E-state index contributed by atoms with van der Waals surface area (Å²) in [5, 5.41) is 0. The third-order valence-corrected chi connectivity index (χ3v) is 4.40. The molecule has 86 valence electrons. The van der Waals surface area contributed by atoms with Crippen LogP contribution in [0.1, 0.15) is 11.1 Å². The molecule has 1 fully saturated rings. The number of nitrogens with two attached hydrogens (primary N) is 1. The maximum absolute atomic E-state index is 5.81. The predicted octanol–water partition coefficient (Wildman–Crippen LogP) is 1.55. The van der Waals surface area contributed by atoms with Gasteiger partial charge in [-0.05, 0) is 29.5 Å². The van der Waals surface area contributed by atoms with E-state index in [9.17, 15) is 0 Å². The van der Waals surface area contributed by atoms with Crippen molar-refractivity contribution in [3.63, 3.8) is 0 Å². The standard InChI is InChI=1S/C12H17N3S/c1-16-15-7-12(8-15)14-5-9-2-3-11(13)4-10(9)6-14/h2-4,12H,5-8,13H2,1H3. The SMILES string of the molecule is CSN1CC(N2Cc3ccc(N)cc3C2)C1. The Morgan fingerprint density at radius 2 is 2.00 bits per heavy atom. The monoisotopic (exact) mass is 235 g/mol. The number of hydrogen-bond donors (Lipinski definition) is 1. The molecule has 0 radical (unpaired) electrons. The van der Waals surface area contributed by atoms with Crippen LogP contribution in [-0.4, -0.2) is 34.6 Å². The van der Waals surface area contributed by atoms with E-state index in [1.54, 1.807) is 0 Å². The second-order valence-electron chi connectivity index (χ2n) is 4.62. The Morgan fingerprint density at radius 1 is 1.25 bits per heavy atom. The van der Waals surface area contributed by atoms with Gasteiger partial charge in [-0.25, -0.2) is 4.31 Å². The van der Waals surface area contributed by atoms with Gasteiger partial charge in [-0.2, -0.15) is 0 Å². The topological polar surface area (TPSA) is 32.5 Å². The summed E-state index contributed by atoms with van der Waals surface area (Å²) in [6.45, 7) is 4.57. The Balaban J connectivity index is 1.67. The minimum Gasteiger partial charge on any atom is -0.399 e. The molecule has 0 spiro atoms. The first kappa shape index (κ1) is 10.4. The van der Waals surface area contributed by atoms with Crippen LogP contribution in [0.15, 0.2) is 18.2 Å². The number of nitrogen functional groups attached to an aromatic ring is 1. The van der Waals surface area contributed by atoms with E-state index in [0.717, 1.165) is 24.8 Å². The van der Waals surface area contributed by atoms with E-state index in [4.69, 9.17) is 5.73 Å². The van der Waals surface area contributed by atoms with Crippen LogP contribution in [0.25, 0.3) is 0 Å². The Hall–Kier alpha value is -0.710. The average molecular weight is 235 g/mol. The highest BCUT2D eigenvalue weighted by atomic mass is 32.2. The van der Waals surface area contributed by atoms with Crippen LogP contribution in [0.3, 0.4) is 0 Å². The Bertz CT molecular complexity index is 401. The summed E-state index contributed by atoms with van der Waals surface area (Å²) in [5.74, 6) is 0. The van der Waals surface area contributed by atoms with Gasteiger partial charge in [0.25, 0.3) is 0 Å². The molecule has 0 saturated carbocycles. The fourth-order valence-corrected chi connectivity index (χ4v) is 3.14. The molecule has 0 aromatic heterocycles. The van der Waals surface area contributed by atoms with Gasteiger partial charge in [-0.1, -0.05) is 18.0 Å². The van der Waals surface area contributed by atoms with E-state index in [2.05, 4.69) is 27.6 Å². The van der Waals surface area contributed by atoms with E-state index < -0.39 is 0 Å². The summed E-state index contributed by atoms with van der Waals surface area (Å²) in [7, 11) is 0. The summed E-state index contributed by atoms with van der Waals surface area (Å²) < 4.78 is 2.40. The normalized spacial score (nSPS) is 22.1. The molecule has 0 bridgehead atoms. The van der Waals surface area contributed by atoms with Crippen molar-refractivity contribution in [1.82, 2.24) is 9.21 Å². The van der Waals surface area contributed by atoms with Crippen molar-refractivity contribution in [3.05, 3.63) is 29.3 Å². The minimum absolute atomic E-state index is 0.737. The average Bonchev–Trinajstić information content (AvgIpc) is 2.58. The van der Waals surface area contributed by atoms with E-state index in [0.29, 0.717) is 0 Å². The summed E-state index contributed by atoms with van der Waals surface area (Å²) in [4.78, 5) is 2.57. The predicted molar refractivity (Wildman–Crippen MR) is 69.0 cm³/mol. The lowest BCUT2D eigenvalue weighted by Crippen LogP contribution is -2.54. The minimum atomic E-state index is 0.737. The van der Waals surface area contributed by atoms with Crippen molar-refractivity contribution in [2.45, 2.75) is 19.1 Å². The first-order valence-corrected chi connectivity index (χ1v) is 6.85. The smallest absolute Gasteiger partial charge is 0.0376 e. The molecule has 0 atom stereocenters. The van der Waals surface area contributed by atoms with Gasteiger partial charge in [0, 0.05) is 37.9 Å². The molecule has 2 heterocycles. The number of benzene rings is 1. The van der Waals surface area contributed by atoms with Gasteiger partial charge in [0.15, 0.2) is 0 Å². The molecule has 2 aliphatic heterocycles. The highest BCUT2D eigenvalue weighted by molar-refractivity contribution is 7.96. The van der Waals surface area contributed by atoms with Gasteiger partial charge < -0.3 is 5.73 Å². The maximum Gasteiger partial charge on any atom is 0.0376 e. The second-order valence-corrected chi connectivity index (χ2v) is 5.50. The van der Waals surface area contributed by atoms with Gasteiger partial charge in [0.2, 0.25) is 0 Å². The van der Waals surface area contributed by atoms with Gasteiger partial charge in [0.05, 0.1) is 0 Å². The van der Waals surface area contributed by atoms with Crippen LogP contribution < -0.4 is 5.73 Å². The molecule has 0 aliphatic carbocycles. The largest absolute Gasteiger partial charge is 0.399 e. The summed E-state index contributed by atoms with van der Waals surface area (Å²) >= 11 is 1.85. The van der Waals surface area contributed by atoms with Crippen molar-refractivity contribution < 1.29 is 0 Å². The second kappa shape index (κ2) is 3.95. The lowest BCUT2D eigenvalue weighted by atomic mass is 10.1. The highest BCUT2D eigenvalue weighted by Gasteiger charge is 2.34. The molecule has 1 aromatic carbocycles. The zero-order chi connectivity index (χ0) is 11.1. The van der Waals surface area contributed by atoms with Crippen molar-refractivity contribution in [2.24, 2.45) is 0 Å². The molecule has 3 nitrogen and oxygen atoms in total. The fraction of sp³-hybridized carbons (Fsp3) is 0.500. The van der Waals surface area contributed by atoms with Crippen LogP contribution in [0.2, 0.25) is 0 Å². The lowest BCUT2D eigenvalue weighted by Gasteiger charge is -2.42. The molecule has 0 unspecified atom stereocenters.